The Morgan fingerprint density at radius 1 is 0.933 bits per heavy atom. The average molecular weight is 253 g/mol. The summed E-state index contributed by atoms with van der Waals surface area (Å²) in [5, 5.41) is 0. The van der Waals surface area contributed by atoms with Crippen molar-refractivity contribution in [3.8, 4) is 0 Å². The summed E-state index contributed by atoms with van der Waals surface area (Å²) in [6.07, 6.45) is 0. The number of carbonyl (C=O) groups excluding carboxylic acids is 2. The van der Waals surface area contributed by atoms with E-state index in [4.69, 9.17) is 11.6 Å². The molecule has 15 heavy (non-hydrogen) atoms. The van der Waals surface area contributed by atoms with Crippen molar-refractivity contribution in [2.75, 3.05) is 33.8 Å². The molecule has 2 aliphatic heterocycles. The van der Waals surface area contributed by atoms with E-state index in [1.807, 2.05) is 0 Å². The van der Waals surface area contributed by atoms with Crippen LogP contribution in [0.1, 0.15) is 0 Å². The standard InChI is InChI=1S/C7H14ClN4O2P/c1-9-6(13)10(2)15(9,5-8)11(3)7(14)12(15)4/h5H2,1-4H3. The Balaban J connectivity index is 2.55. The van der Waals surface area contributed by atoms with E-state index in [0.29, 0.717) is 0 Å². The predicted molar refractivity (Wildman–Crippen MR) is 59.5 cm³/mol. The fourth-order valence-electron chi connectivity index (χ4n) is 2.57. The van der Waals surface area contributed by atoms with Crippen molar-refractivity contribution in [1.29, 1.82) is 0 Å². The fraction of sp³-hybridized carbons (Fsp3) is 0.714. The Kier molecular flexibility index (Phi) is 1.79. The topological polar surface area (TPSA) is 47.1 Å². The number of amides is 4. The van der Waals surface area contributed by atoms with Crippen LogP contribution < -0.4 is 0 Å². The van der Waals surface area contributed by atoms with E-state index in [1.165, 1.54) is 0 Å². The van der Waals surface area contributed by atoms with Crippen molar-refractivity contribution in [3.63, 3.8) is 0 Å². The fourth-order valence-corrected chi connectivity index (χ4v) is 9.24. The van der Waals surface area contributed by atoms with Gasteiger partial charge in [0.1, 0.15) is 0 Å². The summed E-state index contributed by atoms with van der Waals surface area (Å²) in [4.78, 5) is 23.2. The Morgan fingerprint density at radius 2 is 1.20 bits per heavy atom. The van der Waals surface area contributed by atoms with Crippen molar-refractivity contribution in [2.45, 2.75) is 0 Å². The molecular weight excluding hydrogens is 239 g/mol. The molecule has 0 aromatic carbocycles. The number of urea groups is 2. The minimum absolute atomic E-state index is 0.0977. The van der Waals surface area contributed by atoms with Crippen molar-refractivity contribution in [3.05, 3.63) is 0 Å². The summed E-state index contributed by atoms with van der Waals surface area (Å²) in [6.45, 7) is 0. The van der Waals surface area contributed by atoms with Crippen LogP contribution in [0.3, 0.4) is 0 Å². The number of rotatable bonds is 1. The summed E-state index contributed by atoms with van der Waals surface area (Å²) in [6, 6.07) is -0.195. The second kappa shape index (κ2) is 2.50. The van der Waals surface area contributed by atoms with E-state index in [-0.39, 0.29) is 17.7 Å². The van der Waals surface area contributed by atoms with Gasteiger partial charge < -0.3 is 0 Å². The third-order valence-electron chi connectivity index (χ3n) is 3.78. The molecule has 2 heterocycles. The van der Waals surface area contributed by atoms with Crippen LogP contribution in [-0.2, 0) is 0 Å². The Hall–Kier alpha value is -0.740. The van der Waals surface area contributed by atoms with Gasteiger partial charge in [-0.15, -0.1) is 0 Å². The Morgan fingerprint density at radius 3 is 1.40 bits per heavy atom. The van der Waals surface area contributed by atoms with Crippen LogP contribution in [0.15, 0.2) is 0 Å². The summed E-state index contributed by atoms with van der Waals surface area (Å²) in [5.41, 5.74) is 0.253. The van der Waals surface area contributed by atoms with Crippen LogP contribution in [0.5, 0.6) is 0 Å². The molecule has 0 unspecified atom stereocenters. The van der Waals surface area contributed by atoms with E-state index in [2.05, 4.69) is 0 Å². The van der Waals surface area contributed by atoms with Gasteiger partial charge >= 0.3 is 93.0 Å². The average Bonchev–Trinajstić information content (AvgIpc) is 2.28. The normalized spacial score (nSPS) is 29.8. The molecule has 6 nitrogen and oxygen atoms in total. The summed E-state index contributed by atoms with van der Waals surface area (Å²) in [5.74, 6) is 0. The van der Waals surface area contributed by atoms with Crippen LogP contribution in [0, 0.1) is 0 Å². The van der Waals surface area contributed by atoms with Gasteiger partial charge in [-0.3, -0.25) is 0 Å². The number of halogens is 1. The molecule has 2 saturated heterocycles. The van der Waals surface area contributed by atoms with Gasteiger partial charge in [-0.2, -0.15) is 0 Å². The first-order valence-corrected chi connectivity index (χ1v) is 7.24. The van der Waals surface area contributed by atoms with Crippen LogP contribution in [-0.4, -0.2) is 64.6 Å². The number of alkyl halides is 1. The number of nitrogens with zero attached hydrogens (tertiary/aromatic N) is 4. The van der Waals surface area contributed by atoms with Gasteiger partial charge in [0, 0.05) is 0 Å². The zero-order valence-electron chi connectivity index (χ0n) is 9.14. The third kappa shape index (κ3) is 0.640. The monoisotopic (exact) mass is 252 g/mol. The minimum atomic E-state index is -2.93. The SMILES string of the molecule is CN1C(=O)N(C)P12(CCl)N(C)C(=O)N2C. The maximum atomic E-state index is 11.6. The molecule has 0 atom stereocenters. The number of carbonyl (C=O) groups is 2. The Labute approximate surface area is 93.5 Å². The summed E-state index contributed by atoms with van der Waals surface area (Å²) < 4.78 is 6.44. The molecule has 4 amide bonds. The molecule has 0 aliphatic carbocycles. The predicted octanol–water partition coefficient (Wildman–Crippen LogP) is 1.39. The van der Waals surface area contributed by atoms with Gasteiger partial charge in [0.15, 0.2) is 0 Å². The van der Waals surface area contributed by atoms with Gasteiger partial charge in [0.05, 0.1) is 0 Å². The van der Waals surface area contributed by atoms with E-state index in [1.54, 1.807) is 46.9 Å². The molecule has 0 bridgehead atoms. The van der Waals surface area contributed by atoms with Gasteiger partial charge in [0.25, 0.3) is 0 Å². The second-order valence-corrected chi connectivity index (χ2v) is 9.44. The molecule has 1 spiro atoms. The number of hydrogen-bond donors (Lipinski definition) is 0. The molecule has 8 heteroatoms. The zero-order valence-corrected chi connectivity index (χ0v) is 10.8. The third-order valence-corrected chi connectivity index (χ3v) is 11.1. The van der Waals surface area contributed by atoms with E-state index >= 15 is 0 Å². The number of hydrogen-bond acceptors (Lipinski definition) is 2. The maximum absolute atomic E-state index is 11.6. The Bertz CT molecular complexity index is 312. The van der Waals surface area contributed by atoms with E-state index in [9.17, 15) is 9.59 Å². The molecule has 0 aromatic heterocycles. The zero-order chi connectivity index (χ0) is 11.6. The van der Waals surface area contributed by atoms with Crippen LogP contribution in [0.25, 0.3) is 0 Å². The summed E-state index contributed by atoms with van der Waals surface area (Å²) in [7, 11) is 3.85. The van der Waals surface area contributed by atoms with Crippen molar-refractivity contribution in [1.82, 2.24) is 18.7 Å². The molecule has 0 N–H and O–H groups in total. The van der Waals surface area contributed by atoms with Crippen LogP contribution in [0.2, 0.25) is 0 Å². The first-order valence-electron chi connectivity index (χ1n) is 4.48. The quantitative estimate of drug-likeness (QED) is 0.523. The molecule has 0 radical (unpaired) electrons. The second-order valence-electron chi connectivity index (χ2n) is 3.88. The van der Waals surface area contributed by atoms with Crippen molar-refractivity contribution in [2.24, 2.45) is 0 Å². The summed E-state index contributed by atoms with van der Waals surface area (Å²) >= 11 is 6.05. The van der Waals surface area contributed by atoms with E-state index in [0.717, 1.165) is 0 Å². The molecule has 0 aromatic rings. The van der Waals surface area contributed by atoms with Gasteiger partial charge in [-0.05, 0) is 0 Å². The van der Waals surface area contributed by atoms with Gasteiger partial charge in [0.2, 0.25) is 0 Å². The van der Waals surface area contributed by atoms with Crippen molar-refractivity contribution >= 4 is 30.9 Å². The van der Waals surface area contributed by atoms with Crippen LogP contribution in [0.4, 0.5) is 9.59 Å². The van der Waals surface area contributed by atoms with E-state index < -0.39 is 7.21 Å². The molecule has 2 aliphatic rings. The first kappa shape index (κ1) is 10.8. The van der Waals surface area contributed by atoms with Crippen molar-refractivity contribution < 1.29 is 9.59 Å². The molecule has 2 rings (SSSR count). The van der Waals surface area contributed by atoms with Crippen LogP contribution >= 0.6 is 18.8 Å². The molecular formula is C7H14ClN4O2P. The first-order chi connectivity index (χ1) is 6.85. The molecule has 86 valence electrons. The van der Waals surface area contributed by atoms with Gasteiger partial charge in [-0.25, -0.2) is 0 Å². The molecule has 0 saturated carbocycles. The van der Waals surface area contributed by atoms with Gasteiger partial charge in [-0.1, -0.05) is 0 Å². The molecule has 2 fully saturated rings.